The largest absolute Gasteiger partial charge is 0.396 e. The third-order valence-electron chi connectivity index (χ3n) is 1.48. The summed E-state index contributed by atoms with van der Waals surface area (Å²) in [6.45, 7) is 6.55. The third kappa shape index (κ3) is 11.9. The Bertz CT molecular complexity index is 147. The number of nitrogens with zero attached hydrogens (tertiary/aromatic N) is 1. The predicted octanol–water partition coefficient (Wildman–Crippen LogP) is 1.60. The van der Waals surface area contributed by atoms with E-state index in [4.69, 9.17) is 9.84 Å². The SMILES string of the molecule is CC(C)=NCCOCCCSCCO. The fourth-order valence-electron chi connectivity index (χ4n) is 0.866. The van der Waals surface area contributed by atoms with Crippen molar-refractivity contribution in [3.05, 3.63) is 0 Å². The fraction of sp³-hybridized carbons (Fsp3) is 0.900. The summed E-state index contributed by atoms with van der Waals surface area (Å²) in [5.41, 5.74) is 1.10. The van der Waals surface area contributed by atoms with Gasteiger partial charge in [-0.3, -0.25) is 4.99 Å². The molecule has 0 spiro atoms. The summed E-state index contributed by atoms with van der Waals surface area (Å²) in [6.07, 6.45) is 1.06. The molecule has 0 bridgehead atoms. The molecule has 0 aliphatic rings. The van der Waals surface area contributed by atoms with Crippen LogP contribution in [0.25, 0.3) is 0 Å². The first-order chi connectivity index (χ1) is 6.77. The molecule has 84 valence electrons. The molecule has 14 heavy (non-hydrogen) atoms. The molecule has 0 heterocycles. The Labute approximate surface area is 90.9 Å². The zero-order valence-corrected chi connectivity index (χ0v) is 9.98. The standard InChI is InChI=1S/C10H21NO2S/c1-10(2)11-4-7-13-6-3-8-14-9-5-12/h12H,3-9H2,1-2H3. The smallest absolute Gasteiger partial charge is 0.0661 e. The molecule has 0 amide bonds. The van der Waals surface area contributed by atoms with E-state index in [9.17, 15) is 0 Å². The van der Waals surface area contributed by atoms with Crippen LogP contribution in [0, 0.1) is 0 Å². The summed E-state index contributed by atoms with van der Waals surface area (Å²) in [7, 11) is 0. The number of ether oxygens (including phenoxy) is 1. The number of aliphatic imine (C=N–C) groups is 1. The van der Waals surface area contributed by atoms with Crippen LogP contribution in [0.4, 0.5) is 0 Å². The van der Waals surface area contributed by atoms with Crippen molar-refractivity contribution in [3.8, 4) is 0 Å². The van der Waals surface area contributed by atoms with Crippen LogP contribution in [0.3, 0.4) is 0 Å². The van der Waals surface area contributed by atoms with Crippen molar-refractivity contribution in [2.24, 2.45) is 4.99 Å². The van der Waals surface area contributed by atoms with Crippen LogP contribution in [-0.4, -0.2) is 48.7 Å². The second kappa shape index (κ2) is 11.0. The molecule has 0 aromatic rings. The van der Waals surface area contributed by atoms with E-state index in [0.717, 1.165) is 43.4 Å². The van der Waals surface area contributed by atoms with E-state index in [1.807, 2.05) is 13.8 Å². The Morgan fingerprint density at radius 3 is 2.71 bits per heavy atom. The summed E-state index contributed by atoms with van der Waals surface area (Å²) in [5, 5.41) is 8.52. The minimum absolute atomic E-state index is 0.274. The Kier molecular flexibility index (Phi) is 11.0. The lowest BCUT2D eigenvalue weighted by atomic mass is 10.5. The molecule has 0 aliphatic carbocycles. The summed E-state index contributed by atoms with van der Waals surface area (Å²) in [6, 6.07) is 0. The van der Waals surface area contributed by atoms with E-state index < -0.39 is 0 Å². The topological polar surface area (TPSA) is 41.8 Å². The molecular formula is C10H21NO2S. The lowest BCUT2D eigenvalue weighted by Gasteiger charge is -2.02. The molecule has 0 aromatic carbocycles. The van der Waals surface area contributed by atoms with Crippen LogP contribution in [0.5, 0.6) is 0 Å². The maximum absolute atomic E-state index is 8.52. The molecule has 4 heteroatoms. The maximum atomic E-state index is 8.52. The minimum atomic E-state index is 0.274. The van der Waals surface area contributed by atoms with Crippen molar-refractivity contribution in [2.45, 2.75) is 20.3 Å². The second-order valence-corrected chi connectivity index (χ2v) is 4.36. The number of hydrogen-bond donors (Lipinski definition) is 1. The van der Waals surface area contributed by atoms with Gasteiger partial charge in [0.05, 0.1) is 19.8 Å². The first kappa shape index (κ1) is 13.9. The summed E-state index contributed by atoms with van der Waals surface area (Å²) in [4.78, 5) is 4.23. The molecule has 0 aromatic heterocycles. The highest BCUT2D eigenvalue weighted by Gasteiger charge is 1.90. The molecule has 0 aliphatic heterocycles. The van der Waals surface area contributed by atoms with Crippen molar-refractivity contribution in [1.29, 1.82) is 0 Å². The highest BCUT2D eigenvalue weighted by Crippen LogP contribution is 2.00. The molecule has 0 unspecified atom stereocenters. The normalized spacial score (nSPS) is 10.2. The van der Waals surface area contributed by atoms with Gasteiger partial charge in [-0.1, -0.05) is 0 Å². The first-order valence-electron chi connectivity index (χ1n) is 5.01. The molecule has 0 saturated heterocycles. The van der Waals surface area contributed by atoms with Gasteiger partial charge in [0, 0.05) is 18.1 Å². The Hall–Kier alpha value is -0.0600. The van der Waals surface area contributed by atoms with Crippen LogP contribution in [0.2, 0.25) is 0 Å². The average molecular weight is 219 g/mol. The second-order valence-electron chi connectivity index (χ2n) is 3.13. The van der Waals surface area contributed by atoms with E-state index in [1.165, 1.54) is 0 Å². The van der Waals surface area contributed by atoms with Gasteiger partial charge in [-0.2, -0.15) is 11.8 Å². The minimum Gasteiger partial charge on any atom is -0.396 e. The molecule has 3 nitrogen and oxygen atoms in total. The van der Waals surface area contributed by atoms with E-state index in [0.29, 0.717) is 0 Å². The number of rotatable bonds is 9. The van der Waals surface area contributed by atoms with Crippen LogP contribution in [0.1, 0.15) is 20.3 Å². The summed E-state index contributed by atoms with van der Waals surface area (Å²) >= 11 is 1.76. The van der Waals surface area contributed by atoms with E-state index >= 15 is 0 Å². The van der Waals surface area contributed by atoms with Gasteiger partial charge in [-0.15, -0.1) is 0 Å². The van der Waals surface area contributed by atoms with E-state index in [-0.39, 0.29) is 6.61 Å². The zero-order chi connectivity index (χ0) is 10.6. The summed E-state index contributed by atoms with van der Waals surface area (Å²) < 4.78 is 5.38. The van der Waals surface area contributed by atoms with Gasteiger partial charge < -0.3 is 9.84 Å². The Morgan fingerprint density at radius 1 is 1.29 bits per heavy atom. The molecule has 0 saturated carbocycles. The molecule has 1 N–H and O–H groups in total. The van der Waals surface area contributed by atoms with Gasteiger partial charge in [0.15, 0.2) is 0 Å². The van der Waals surface area contributed by atoms with Crippen molar-refractivity contribution in [2.75, 3.05) is 37.9 Å². The maximum Gasteiger partial charge on any atom is 0.0661 e. The number of aliphatic hydroxyl groups excluding tert-OH is 1. The van der Waals surface area contributed by atoms with Crippen molar-refractivity contribution >= 4 is 17.5 Å². The van der Waals surface area contributed by atoms with Gasteiger partial charge in [-0.05, 0) is 26.0 Å². The zero-order valence-electron chi connectivity index (χ0n) is 9.16. The van der Waals surface area contributed by atoms with Crippen molar-refractivity contribution < 1.29 is 9.84 Å². The van der Waals surface area contributed by atoms with Crippen molar-refractivity contribution in [3.63, 3.8) is 0 Å². The monoisotopic (exact) mass is 219 g/mol. The van der Waals surface area contributed by atoms with Crippen LogP contribution in [-0.2, 0) is 4.74 Å². The Morgan fingerprint density at radius 2 is 2.07 bits per heavy atom. The fourth-order valence-corrected chi connectivity index (χ4v) is 1.52. The van der Waals surface area contributed by atoms with E-state index in [1.54, 1.807) is 11.8 Å². The molecule has 0 atom stereocenters. The van der Waals surface area contributed by atoms with Crippen LogP contribution in [0.15, 0.2) is 4.99 Å². The highest BCUT2D eigenvalue weighted by atomic mass is 32.2. The lowest BCUT2D eigenvalue weighted by molar-refractivity contribution is 0.143. The van der Waals surface area contributed by atoms with Crippen molar-refractivity contribution in [1.82, 2.24) is 0 Å². The molecule has 0 radical (unpaired) electrons. The molecular weight excluding hydrogens is 198 g/mol. The number of hydrogen-bond acceptors (Lipinski definition) is 4. The summed E-state index contributed by atoms with van der Waals surface area (Å²) in [5.74, 6) is 1.90. The Balaban J connectivity index is 2.96. The van der Waals surface area contributed by atoms with Crippen LogP contribution >= 0.6 is 11.8 Å². The molecule has 0 fully saturated rings. The predicted molar refractivity (Wildman–Crippen MR) is 63.5 cm³/mol. The van der Waals surface area contributed by atoms with Gasteiger partial charge in [0.25, 0.3) is 0 Å². The van der Waals surface area contributed by atoms with E-state index in [2.05, 4.69) is 4.99 Å². The third-order valence-corrected chi connectivity index (χ3v) is 2.53. The average Bonchev–Trinajstić information content (AvgIpc) is 2.15. The molecule has 0 rings (SSSR count). The van der Waals surface area contributed by atoms with Crippen LogP contribution < -0.4 is 0 Å². The van der Waals surface area contributed by atoms with Gasteiger partial charge in [0.2, 0.25) is 0 Å². The highest BCUT2D eigenvalue weighted by molar-refractivity contribution is 7.99. The quantitative estimate of drug-likeness (QED) is 0.473. The van der Waals surface area contributed by atoms with Gasteiger partial charge in [0.1, 0.15) is 0 Å². The van der Waals surface area contributed by atoms with Gasteiger partial charge >= 0.3 is 0 Å². The first-order valence-corrected chi connectivity index (χ1v) is 6.17. The number of thioether (sulfide) groups is 1. The lowest BCUT2D eigenvalue weighted by Crippen LogP contribution is -2.02. The number of aliphatic hydroxyl groups is 1. The van der Waals surface area contributed by atoms with Gasteiger partial charge in [-0.25, -0.2) is 0 Å².